The first-order chi connectivity index (χ1) is 7.43. The fourth-order valence-electron chi connectivity index (χ4n) is 1.80. The lowest BCUT2D eigenvalue weighted by atomic mass is 10.2. The summed E-state index contributed by atoms with van der Waals surface area (Å²) >= 11 is 4.10. The third-order valence-electron chi connectivity index (χ3n) is 2.58. The van der Waals surface area contributed by atoms with Gasteiger partial charge in [-0.2, -0.15) is 0 Å². The smallest absolute Gasteiger partial charge is 0.134 e. The molecule has 15 heavy (non-hydrogen) atoms. The number of hydrogen-bond donors (Lipinski definition) is 0. The minimum absolute atomic E-state index is 0.605. The van der Waals surface area contributed by atoms with E-state index in [0.717, 1.165) is 5.58 Å². The molecule has 1 aliphatic heterocycles. The number of thioether (sulfide) groups is 2. The summed E-state index contributed by atoms with van der Waals surface area (Å²) in [5, 5.41) is 1.20. The summed E-state index contributed by atoms with van der Waals surface area (Å²) in [5.74, 6) is 2.57. The van der Waals surface area contributed by atoms with E-state index >= 15 is 0 Å². The van der Waals surface area contributed by atoms with Gasteiger partial charge in [0.2, 0.25) is 0 Å². The highest BCUT2D eigenvalue weighted by Crippen LogP contribution is 2.44. The monoisotopic (exact) mass is 236 g/mol. The molecule has 2 aromatic rings. The molecule has 0 atom stereocenters. The second kappa shape index (κ2) is 4.14. The van der Waals surface area contributed by atoms with Crippen molar-refractivity contribution in [3.63, 3.8) is 0 Å². The van der Waals surface area contributed by atoms with Gasteiger partial charge >= 0.3 is 0 Å². The van der Waals surface area contributed by atoms with Gasteiger partial charge < -0.3 is 4.42 Å². The molecule has 2 heterocycles. The topological polar surface area (TPSA) is 13.1 Å². The first-order valence-electron chi connectivity index (χ1n) is 5.14. The van der Waals surface area contributed by atoms with E-state index in [4.69, 9.17) is 4.42 Å². The molecule has 3 rings (SSSR count). The molecule has 1 saturated heterocycles. The van der Waals surface area contributed by atoms with Crippen LogP contribution in [0.4, 0.5) is 0 Å². The number of fused-ring (bicyclic) bond motifs is 1. The van der Waals surface area contributed by atoms with Crippen LogP contribution in [0.25, 0.3) is 11.0 Å². The van der Waals surface area contributed by atoms with Gasteiger partial charge in [0.05, 0.1) is 10.8 Å². The molecule has 78 valence electrons. The van der Waals surface area contributed by atoms with Crippen LogP contribution in [0, 0.1) is 0 Å². The molecule has 1 fully saturated rings. The molecule has 0 aliphatic carbocycles. The first kappa shape index (κ1) is 9.67. The fourth-order valence-corrected chi connectivity index (χ4v) is 4.67. The van der Waals surface area contributed by atoms with Crippen molar-refractivity contribution in [1.82, 2.24) is 0 Å². The van der Waals surface area contributed by atoms with Crippen molar-refractivity contribution >= 4 is 34.5 Å². The van der Waals surface area contributed by atoms with Gasteiger partial charge in [-0.1, -0.05) is 12.1 Å². The summed E-state index contributed by atoms with van der Waals surface area (Å²) in [6, 6.07) is 8.59. The molecule has 1 nitrogen and oxygen atoms in total. The van der Waals surface area contributed by atoms with Crippen LogP contribution in [0.2, 0.25) is 0 Å². The first-order valence-corrected chi connectivity index (χ1v) is 7.23. The Morgan fingerprint density at radius 3 is 2.87 bits per heavy atom. The molecule has 0 saturated carbocycles. The molecule has 0 amide bonds. The highest BCUT2D eigenvalue weighted by Gasteiger charge is 2.16. The molecule has 3 heteroatoms. The molecule has 0 bridgehead atoms. The normalized spacial score (nSPS) is 18.4. The largest absolute Gasteiger partial charge is 0.464 e. The maximum absolute atomic E-state index is 5.43. The van der Waals surface area contributed by atoms with Crippen molar-refractivity contribution in [1.29, 1.82) is 0 Å². The second-order valence-electron chi connectivity index (χ2n) is 3.64. The van der Waals surface area contributed by atoms with Crippen molar-refractivity contribution in [2.45, 2.75) is 11.0 Å². The maximum Gasteiger partial charge on any atom is 0.134 e. The van der Waals surface area contributed by atoms with E-state index in [0.29, 0.717) is 4.58 Å². The zero-order valence-corrected chi connectivity index (χ0v) is 9.94. The van der Waals surface area contributed by atoms with E-state index in [2.05, 4.69) is 18.2 Å². The van der Waals surface area contributed by atoms with E-state index in [1.807, 2.05) is 29.6 Å². The van der Waals surface area contributed by atoms with Gasteiger partial charge in [0, 0.05) is 5.39 Å². The highest BCUT2D eigenvalue weighted by atomic mass is 32.2. The van der Waals surface area contributed by atoms with Crippen LogP contribution >= 0.6 is 23.5 Å². The van der Waals surface area contributed by atoms with Gasteiger partial charge in [0.1, 0.15) is 5.58 Å². The van der Waals surface area contributed by atoms with E-state index < -0.39 is 0 Å². The number of hydrogen-bond acceptors (Lipinski definition) is 3. The molecule has 0 unspecified atom stereocenters. The summed E-state index contributed by atoms with van der Waals surface area (Å²) in [5.41, 5.74) is 2.41. The number of furan rings is 1. The molecule has 1 aliphatic rings. The Hall–Kier alpha value is -0.540. The predicted octanol–water partition coefficient (Wildman–Crippen LogP) is 4.30. The molecule has 1 aromatic carbocycles. The van der Waals surface area contributed by atoms with Gasteiger partial charge in [0.25, 0.3) is 0 Å². The predicted molar refractivity (Wildman–Crippen MR) is 68.5 cm³/mol. The Labute approximate surface area is 97.6 Å². The fraction of sp³-hybridized carbons (Fsp3) is 0.333. The van der Waals surface area contributed by atoms with Crippen LogP contribution in [0.5, 0.6) is 0 Å². The van der Waals surface area contributed by atoms with Crippen molar-refractivity contribution < 1.29 is 4.42 Å². The Kier molecular flexibility index (Phi) is 2.67. The van der Waals surface area contributed by atoms with Gasteiger partial charge in [-0.05, 0) is 35.6 Å². The van der Waals surface area contributed by atoms with Crippen molar-refractivity contribution in [2.75, 3.05) is 11.5 Å². The minimum Gasteiger partial charge on any atom is -0.464 e. The van der Waals surface area contributed by atoms with Gasteiger partial charge in [-0.3, -0.25) is 0 Å². The molecule has 0 radical (unpaired) electrons. The van der Waals surface area contributed by atoms with Gasteiger partial charge in [-0.15, -0.1) is 23.5 Å². The van der Waals surface area contributed by atoms with E-state index in [-0.39, 0.29) is 0 Å². The summed E-state index contributed by atoms with van der Waals surface area (Å²) in [6.45, 7) is 0. The molecule has 1 aromatic heterocycles. The summed E-state index contributed by atoms with van der Waals surface area (Å²) in [6.07, 6.45) is 3.10. The Morgan fingerprint density at radius 2 is 2.00 bits per heavy atom. The molecular weight excluding hydrogens is 224 g/mol. The van der Waals surface area contributed by atoms with E-state index in [9.17, 15) is 0 Å². The maximum atomic E-state index is 5.43. The zero-order chi connectivity index (χ0) is 10.1. The average molecular weight is 236 g/mol. The van der Waals surface area contributed by atoms with Gasteiger partial charge in [-0.25, -0.2) is 0 Å². The van der Waals surface area contributed by atoms with Crippen molar-refractivity contribution in [3.8, 4) is 0 Å². The molecule has 0 N–H and O–H groups in total. The van der Waals surface area contributed by atoms with Crippen molar-refractivity contribution in [3.05, 3.63) is 36.1 Å². The Morgan fingerprint density at radius 1 is 1.13 bits per heavy atom. The van der Waals surface area contributed by atoms with Crippen LogP contribution in [0.3, 0.4) is 0 Å². The van der Waals surface area contributed by atoms with Crippen LogP contribution in [0.1, 0.15) is 16.6 Å². The molecular formula is C12H12OS2. The van der Waals surface area contributed by atoms with Crippen LogP contribution in [0.15, 0.2) is 34.9 Å². The summed E-state index contributed by atoms with van der Waals surface area (Å²) in [4.78, 5) is 0. The number of benzene rings is 1. The lowest BCUT2D eigenvalue weighted by molar-refractivity contribution is 0.615. The van der Waals surface area contributed by atoms with E-state index in [1.165, 1.54) is 28.9 Å². The van der Waals surface area contributed by atoms with Crippen molar-refractivity contribution in [2.24, 2.45) is 0 Å². The third-order valence-corrected chi connectivity index (χ3v) is 5.59. The van der Waals surface area contributed by atoms with Gasteiger partial charge in [0.15, 0.2) is 0 Å². The standard InChI is InChI=1S/C12H12OS2/c1-6-14-12(15-7-1)10-3-2-9-4-5-13-11(9)8-10/h2-5,8,12H,1,6-7H2. The second-order valence-corrected chi connectivity index (χ2v) is 6.37. The Bertz CT molecular complexity index is 457. The van der Waals surface area contributed by atoms with Crippen LogP contribution < -0.4 is 0 Å². The summed E-state index contributed by atoms with van der Waals surface area (Å²) in [7, 11) is 0. The highest BCUT2D eigenvalue weighted by molar-refractivity contribution is 8.16. The average Bonchev–Trinajstić information content (AvgIpc) is 2.77. The lowest BCUT2D eigenvalue weighted by Crippen LogP contribution is -1.99. The number of rotatable bonds is 1. The minimum atomic E-state index is 0.605. The zero-order valence-electron chi connectivity index (χ0n) is 8.31. The molecule has 0 spiro atoms. The quantitative estimate of drug-likeness (QED) is 0.732. The lowest BCUT2D eigenvalue weighted by Gasteiger charge is -2.20. The van der Waals surface area contributed by atoms with E-state index in [1.54, 1.807) is 6.26 Å². The van der Waals surface area contributed by atoms with Crippen LogP contribution in [-0.4, -0.2) is 11.5 Å². The van der Waals surface area contributed by atoms with Crippen LogP contribution in [-0.2, 0) is 0 Å². The Balaban J connectivity index is 1.95. The summed E-state index contributed by atoms with van der Waals surface area (Å²) < 4.78 is 6.04. The SMILES string of the molecule is c1cc2ccc(C3SCCCS3)cc2o1. The third kappa shape index (κ3) is 1.91.